The zero-order valence-electron chi connectivity index (χ0n) is 16.8. The summed E-state index contributed by atoms with van der Waals surface area (Å²) in [5.41, 5.74) is 1.16. The van der Waals surface area contributed by atoms with E-state index in [1.807, 2.05) is 30.3 Å². The van der Waals surface area contributed by atoms with E-state index in [-0.39, 0.29) is 24.1 Å². The van der Waals surface area contributed by atoms with Crippen molar-refractivity contribution in [3.05, 3.63) is 83.8 Å². The molecule has 0 saturated carbocycles. The van der Waals surface area contributed by atoms with Gasteiger partial charge in [-0.2, -0.15) is 0 Å². The molecule has 0 atom stereocenters. The van der Waals surface area contributed by atoms with Crippen LogP contribution in [0.4, 0.5) is 5.69 Å². The highest BCUT2D eigenvalue weighted by Gasteiger charge is 2.22. The monoisotopic (exact) mass is 419 g/mol. The summed E-state index contributed by atoms with van der Waals surface area (Å²) in [7, 11) is 0. The summed E-state index contributed by atoms with van der Waals surface area (Å²) < 4.78 is 16.1. The maximum absolute atomic E-state index is 12.3. The molecule has 158 valence electrons. The zero-order valence-corrected chi connectivity index (χ0v) is 16.8. The Balaban J connectivity index is 1.28. The second kappa shape index (κ2) is 9.30. The summed E-state index contributed by atoms with van der Waals surface area (Å²) in [6, 6.07) is 19.1. The van der Waals surface area contributed by atoms with Crippen LogP contribution in [0.25, 0.3) is 0 Å². The molecule has 7 heteroatoms. The van der Waals surface area contributed by atoms with Crippen molar-refractivity contribution in [1.82, 2.24) is 0 Å². The SMILES string of the molecule is O=C(COC(=O)c1ccc(COc2ccccc2)o1)c1ccc(N2CCCC2=O)cc1. The standard InChI is InChI=1S/C24H21NO6/c26-21(17-8-10-18(11-9-17)25-14-4-7-23(25)27)16-30-24(28)22-13-12-20(31-22)15-29-19-5-2-1-3-6-19/h1-3,5-6,8-13H,4,7,14-16H2. The van der Waals surface area contributed by atoms with E-state index in [0.717, 1.165) is 12.1 Å². The fraction of sp³-hybridized carbons (Fsp3) is 0.208. The predicted octanol–water partition coefficient (Wildman–Crippen LogP) is 4.03. The van der Waals surface area contributed by atoms with Gasteiger partial charge in [0, 0.05) is 24.2 Å². The molecule has 7 nitrogen and oxygen atoms in total. The van der Waals surface area contributed by atoms with Crippen LogP contribution in [-0.2, 0) is 16.1 Å². The summed E-state index contributed by atoms with van der Waals surface area (Å²) in [4.78, 5) is 38.0. The molecule has 31 heavy (non-hydrogen) atoms. The number of carbonyl (C=O) groups is 3. The lowest BCUT2D eigenvalue weighted by molar-refractivity contribution is -0.117. The molecule has 1 amide bonds. The fourth-order valence-electron chi connectivity index (χ4n) is 3.27. The maximum atomic E-state index is 12.3. The number of para-hydroxylation sites is 1. The van der Waals surface area contributed by atoms with Crippen molar-refractivity contribution in [1.29, 1.82) is 0 Å². The number of rotatable bonds is 8. The molecule has 4 rings (SSSR count). The third-order valence-electron chi connectivity index (χ3n) is 4.90. The van der Waals surface area contributed by atoms with Gasteiger partial charge in [0.05, 0.1) is 0 Å². The van der Waals surface area contributed by atoms with Crippen LogP contribution >= 0.6 is 0 Å². The van der Waals surface area contributed by atoms with Crippen LogP contribution in [0.3, 0.4) is 0 Å². The van der Waals surface area contributed by atoms with Crippen molar-refractivity contribution in [3.8, 4) is 5.75 Å². The first-order valence-electron chi connectivity index (χ1n) is 9.97. The minimum atomic E-state index is -0.724. The van der Waals surface area contributed by atoms with Crippen molar-refractivity contribution in [3.63, 3.8) is 0 Å². The summed E-state index contributed by atoms with van der Waals surface area (Å²) >= 11 is 0. The summed E-state index contributed by atoms with van der Waals surface area (Å²) in [5, 5.41) is 0. The van der Waals surface area contributed by atoms with E-state index >= 15 is 0 Å². The number of esters is 1. The number of amides is 1. The number of carbonyl (C=O) groups excluding carboxylic acids is 3. The molecule has 1 fully saturated rings. The van der Waals surface area contributed by atoms with Gasteiger partial charge < -0.3 is 18.8 Å². The van der Waals surface area contributed by atoms with Crippen LogP contribution in [-0.4, -0.2) is 30.8 Å². The Hall–Kier alpha value is -3.87. The summed E-state index contributed by atoms with van der Waals surface area (Å²) in [5.74, 6) is 0.177. The van der Waals surface area contributed by atoms with E-state index in [9.17, 15) is 14.4 Å². The Bertz CT molecular complexity index is 1070. The molecule has 2 heterocycles. The molecule has 3 aromatic rings. The molecule has 1 aromatic heterocycles. The van der Waals surface area contributed by atoms with Gasteiger partial charge in [-0.1, -0.05) is 18.2 Å². The molecule has 0 aliphatic carbocycles. The number of benzene rings is 2. The van der Waals surface area contributed by atoms with Gasteiger partial charge in [-0.25, -0.2) is 4.79 Å². The number of Topliss-reactive ketones (excluding diaryl/α,β-unsaturated/α-hetero) is 1. The lowest BCUT2D eigenvalue weighted by Crippen LogP contribution is -2.23. The van der Waals surface area contributed by atoms with Gasteiger partial charge in [0.1, 0.15) is 18.1 Å². The highest BCUT2D eigenvalue weighted by atomic mass is 16.5. The van der Waals surface area contributed by atoms with Crippen LogP contribution in [0.2, 0.25) is 0 Å². The Morgan fingerprint density at radius 1 is 0.968 bits per heavy atom. The third-order valence-corrected chi connectivity index (χ3v) is 4.90. The first kappa shape index (κ1) is 20.4. The van der Waals surface area contributed by atoms with E-state index in [4.69, 9.17) is 13.9 Å². The lowest BCUT2D eigenvalue weighted by Gasteiger charge is -2.15. The molecule has 0 radical (unpaired) electrons. The zero-order chi connectivity index (χ0) is 21.6. The molecule has 0 unspecified atom stereocenters. The van der Waals surface area contributed by atoms with Crippen molar-refractivity contribution in [2.45, 2.75) is 19.4 Å². The van der Waals surface area contributed by atoms with Crippen molar-refractivity contribution in [2.24, 2.45) is 0 Å². The van der Waals surface area contributed by atoms with Crippen molar-refractivity contribution < 1.29 is 28.3 Å². The number of hydrogen-bond donors (Lipinski definition) is 0. The molecular weight excluding hydrogens is 398 g/mol. The Labute approximate surface area is 179 Å². The van der Waals surface area contributed by atoms with Crippen molar-refractivity contribution >= 4 is 23.3 Å². The minimum absolute atomic E-state index is 0.00218. The molecule has 0 bridgehead atoms. The van der Waals surface area contributed by atoms with Gasteiger partial charge in [0.25, 0.3) is 0 Å². The van der Waals surface area contributed by atoms with Crippen molar-refractivity contribution in [2.75, 3.05) is 18.1 Å². The molecule has 1 aliphatic rings. The van der Waals surface area contributed by atoms with Gasteiger partial charge >= 0.3 is 5.97 Å². The predicted molar refractivity (Wildman–Crippen MR) is 112 cm³/mol. The average Bonchev–Trinajstić information content (AvgIpc) is 3.46. The van der Waals surface area contributed by atoms with E-state index in [1.54, 1.807) is 35.2 Å². The van der Waals surface area contributed by atoms with E-state index in [2.05, 4.69) is 0 Å². The first-order valence-corrected chi connectivity index (χ1v) is 9.97. The van der Waals surface area contributed by atoms with Crippen LogP contribution in [0.15, 0.2) is 71.1 Å². The van der Waals surface area contributed by atoms with Gasteiger partial charge in [0.15, 0.2) is 12.4 Å². The van der Waals surface area contributed by atoms with Crippen LogP contribution in [0, 0.1) is 0 Å². The van der Waals surface area contributed by atoms with Crippen LogP contribution < -0.4 is 9.64 Å². The van der Waals surface area contributed by atoms with Crippen LogP contribution in [0.1, 0.15) is 39.5 Å². The number of ketones is 1. The number of furan rings is 1. The highest BCUT2D eigenvalue weighted by molar-refractivity contribution is 6.00. The molecule has 0 spiro atoms. The average molecular weight is 419 g/mol. The number of nitrogens with zero attached hydrogens (tertiary/aromatic N) is 1. The maximum Gasteiger partial charge on any atom is 0.374 e. The normalized spacial score (nSPS) is 13.3. The molecule has 0 N–H and O–H groups in total. The van der Waals surface area contributed by atoms with Gasteiger partial charge in [0.2, 0.25) is 11.7 Å². The molecule has 2 aromatic carbocycles. The lowest BCUT2D eigenvalue weighted by atomic mass is 10.1. The van der Waals surface area contributed by atoms with Crippen LogP contribution in [0.5, 0.6) is 5.75 Å². The van der Waals surface area contributed by atoms with Gasteiger partial charge in [-0.05, 0) is 55.0 Å². The number of ether oxygens (including phenoxy) is 2. The second-order valence-corrected chi connectivity index (χ2v) is 7.06. The Morgan fingerprint density at radius 2 is 1.74 bits per heavy atom. The topological polar surface area (TPSA) is 86.1 Å². The number of anilines is 1. The molecule has 1 saturated heterocycles. The van der Waals surface area contributed by atoms with Gasteiger partial charge in [-0.15, -0.1) is 0 Å². The smallest absolute Gasteiger partial charge is 0.374 e. The van der Waals surface area contributed by atoms with E-state index in [0.29, 0.717) is 30.0 Å². The quantitative estimate of drug-likeness (QED) is 0.405. The second-order valence-electron chi connectivity index (χ2n) is 7.06. The first-order chi connectivity index (χ1) is 15.1. The Morgan fingerprint density at radius 3 is 2.45 bits per heavy atom. The molecule has 1 aliphatic heterocycles. The fourth-order valence-corrected chi connectivity index (χ4v) is 3.27. The van der Waals surface area contributed by atoms with Gasteiger partial charge in [-0.3, -0.25) is 9.59 Å². The minimum Gasteiger partial charge on any atom is -0.486 e. The highest BCUT2D eigenvalue weighted by Crippen LogP contribution is 2.22. The number of hydrogen-bond acceptors (Lipinski definition) is 6. The van der Waals surface area contributed by atoms with E-state index < -0.39 is 12.6 Å². The summed E-state index contributed by atoms with van der Waals surface area (Å²) in [6.45, 7) is 0.449. The van der Waals surface area contributed by atoms with E-state index in [1.165, 1.54) is 6.07 Å². The summed E-state index contributed by atoms with van der Waals surface area (Å²) in [6.07, 6.45) is 1.38. The Kier molecular flexibility index (Phi) is 6.12. The third kappa shape index (κ3) is 5.01. The molecular formula is C24H21NO6. The largest absolute Gasteiger partial charge is 0.486 e.